The fraction of sp³-hybridized carbons (Fsp3) is 0.556. The van der Waals surface area contributed by atoms with Gasteiger partial charge in [-0.25, -0.2) is 0 Å². The van der Waals surface area contributed by atoms with Crippen LogP contribution in [0.3, 0.4) is 0 Å². The van der Waals surface area contributed by atoms with Crippen molar-refractivity contribution in [1.29, 1.82) is 0 Å². The SMILES string of the molecule is CCc1cc(C(=O)N2CCCCC[C@H]2C[C@@H](O)c2ccco2)n[nH]1. The summed E-state index contributed by atoms with van der Waals surface area (Å²) in [5.74, 6) is 0.504. The van der Waals surface area contributed by atoms with Gasteiger partial charge in [-0.15, -0.1) is 0 Å². The summed E-state index contributed by atoms with van der Waals surface area (Å²) in [6, 6.07) is 5.37. The molecule has 2 N–H and O–H groups in total. The van der Waals surface area contributed by atoms with Crippen molar-refractivity contribution in [3.8, 4) is 0 Å². The second-order valence-electron chi connectivity index (χ2n) is 6.40. The lowest BCUT2D eigenvalue weighted by Gasteiger charge is -2.30. The smallest absolute Gasteiger partial charge is 0.274 e. The van der Waals surface area contributed by atoms with Gasteiger partial charge >= 0.3 is 0 Å². The minimum Gasteiger partial charge on any atom is -0.467 e. The molecule has 3 rings (SSSR count). The fourth-order valence-corrected chi connectivity index (χ4v) is 3.34. The largest absolute Gasteiger partial charge is 0.467 e. The van der Waals surface area contributed by atoms with Gasteiger partial charge in [0.1, 0.15) is 17.6 Å². The third kappa shape index (κ3) is 3.70. The van der Waals surface area contributed by atoms with Crippen molar-refractivity contribution in [3.05, 3.63) is 41.6 Å². The molecule has 2 aromatic rings. The molecule has 0 spiro atoms. The number of nitrogens with zero attached hydrogens (tertiary/aromatic N) is 2. The zero-order valence-electron chi connectivity index (χ0n) is 14.1. The van der Waals surface area contributed by atoms with Gasteiger partial charge in [0, 0.05) is 24.7 Å². The van der Waals surface area contributed by atoms with Crippen molar-refractivity contribution in [2.24, 2.45) is 0 Å². The normalized spacial score (nSPS) is 19.9. The highest BCUT2D eigenvalue weighted by Gasteiger charge is 2.30. The number of aryl methyl sites for hydroxylation is 1. The summed E-state index contributed by atoms with van der Waals surface area (Å²) in [6.07, 6.45) is 6.25. The molecule has 0 unspecified atom stereocenters. The summed E-state index contributed by atoms with van der Waals surface area (Å²) < 4.78 is 5.30. The predicted molar refractivity (Wildman–Crippen MR) is 89.5 cm³/mol. The van der Waals surface area contributed by atoms with E-state index in [1.54, 1.807) is 18.4 Å². The van der Waals surface area contributed by atoms with Crippen molar-refractivity contribution in [3.63, 3.8) is 0 Å². The number of hydrogen-bond acceptors (Lipinski definition) is 4. The summed E-state index contributed by atoms with van der Waals surface area (Å²) in [6.45, 7) is 2.74. The number of aliphatic hydroxyl groups is 1. The molecule has 0 radical (unpaired) electrons. The number of rotatable bonds is 5. The van der Waals surface area contributed by atoms with Gasteiger partial charge in [-0.1, -0.05) is 19.8 Å². The summed E-state index contributed by atoms with van der Waals surface area (Å²) in [5.41, 5.74) is 1.42. The molecule has 24 heavy (non-hydrogen) atoms. The number of aliphatic hydroxyl groups excluding tert-OH is 1. The third-order valence-corrected chi connectivity index (χ3v) is 4.74. The highest BCUT2D eigenvalue weighted by Crippen LogP contribution is 2.27. The molecule has 0 aromatic carbocycles. The molecule has 2 aromatic heterocycles. The van der Waals surface area contributed by atoms with Gasteiger partial charge in [0.2, 0.25) is 0 Å². The van der Waals surface area contributed by atoms with Gasteiger partial charge in [0.15, 0.2) is 0 Å². The molecule has 0 saturated carbocycles. The van der Waals surface area contributed by atoms with E-state index < -0.39 is 6.10 Å². The molecule has 6 heteroatoms. The van der Waals surface area contributed by atoms with E-state index in [-0.39, 0.29) is 11.9 Å². The van der Waals surface area contributed by atoms with Crippen molar-refractivity contribution in [2.45, 2.75) is 57.6 Å². The minimum absolute atomic E-state index is 0.00174. The molecule has 6 nitrogen and oxygen atoms in total. The number of likely N-dealkylation sites (tertiary alicyclic amines) is 1. The monoisotopic (exact) mass is 331 g/mol. The highest BCUT2D eigenvalue weighted by molar-refractivity contribution is 5.92. The highest BCUT2D eigenvalue weighted by atomic mass is 16.4. The van der Waals surface area contributed by atoms with Crippen LogP contribution in [0.4, 0.5) is 0 Å². The Morgan fingerprint density at radius 3 is 3.08 bits per heavy atom. The Labute approximate surface area is 141 Å². The van der Waals surface area contributed by atoms with Gasteiger partial charge in [-0.3, -0.25) is 9.89 Å². The average molecular weight is 331 g/mol. The zero-order valence-corrected chi connectivity index (χ0v) is 14.1. The van der Waals surface area contributed by atoms with E-state index in [0.29, 0.717) is 24.4 Å². The number of H-pyrrole nitrogens is 1. The summed E-state index contributed by atoms with van der Waals surface area (Å²) in [4.78, 5) is 14.8. The maximum atomic E-state index is 12.9. The van der Waals surface area contributed by atoms with Crippen LogP contribution in [0.5, 0.6) is 0 Å². The maximum Gasteiger partial charge on any atom is 0.274 e. The van der Waals surface area contributed by atoms with Crippen LogP contribution in [0.1, 0.15) is 67.1 Å². The topological polar surface area (TPSA) is 82.4 Å². The first-order valence-corrected chi connectivity index (χ1v) is 8.75. The number of carbonyl (C=O) groups excluding carboxylic acids is 1. The Balaban J connectivity index is 1.75. The standard InChI is InChI=1S/C18H25N3O3/c1-2-13-11-15(20-19-13)18(23)21-9-5-3-4-7-14(21)12-16(22)17-8-6-10-24-17/h6,8,10-11,14,16,22H,2-5,7,9,12H2,1H3,(H,19,20)/t14-,16+/m0/s1. The Hall–Kier alpha value is -2.08. The van der Waals surface area contributed by atoms with Crippen LogP contribution < -0.4 is 0 Å². The van der Waals surface area contributed by atoms with Crippen LogP contribution >= 0.6 is 0 Å². The molecule has 1 amide bonds. The van der Waals surface area contributed by atoms with Gasteiger partial charge in [-0.2, -0.15) is 5.10 Å². The molecular weight excluding hydrogens is 306 g/mol. The van der Waals surface area contributed by atoms with Crippen molar-refractivity contribution in [1.82, 2.24) is 15.1 Å². The number of nitrogens with one attached hydrogen (secondary N) is 1. The number of hydrogen-bond donors (Lipinski definition) is 2. The van der Waals surface area contributed by atoms with Crippen LogP contribution in [0.15, 0.2) is 28.9 Å². The van der Waals surface area contributed by atoms with E-state index in [9.17, 15) is 9.90 Å². The van der Waals surface area contributed by atoms with Gasteiger partial charge in [0.25, 0.3) is 5.91 Å². The molecule has 0 aliphatic carbocycles. The first-order chi connectivity index (χ1) is 11.7. The summed E-state index contributed by atoms with van der Waals surface area (Å²) in [5, 5.41) is 17.5. The molecule has 2 atom stereocenters. The molecule has 3 heterocycles. The second kappa shape index (κ2) is 7.66. The van der Waals surface area contributed by atoms with E-state index in [1.807, 2.05) is 17.9 Å². The Morgan fingerprint density at radius 2 is 2.38 bits per heavy atom. The molecule has 130 valence electrons. The molecular formula is C18H25N3O3. The predicted octanol–water partition coefficient (Wildman–Crippen LogP) is 3.07. The van der Waals surface area contributed by atoms with Gasteiger partial charge in [-0.05, 0) is 37.5 Å². The van der Waals surface area contributed by atoms with Crippen LogP contribution in [0.25, 0.3) is 0 Å². The molecule has 1 aliphatic heterocycles. The zero-order chi connectivity index (χ0) is 16.9. The van der Waals surface area contributed by atoms with E-state index >= 15 is 0 Å². The number of carbonyl (C=O) groups is 1. The van der Waals surface area contributed by atoms with Crippen molar-refractivity contribution < 1.29 is 14.3 Å². The number of furan rings is 1. The van der Waals surface area contributed by atoms with Crippen molar-refractivity contribution in [2.75, 3.05) is 6.54 Å². The van der Waals surface area contributed by atoms with Crippen LogP contribution in [0.2, 0.25) is 0 Å². The van der Waals surface area contributed by atoms with Crippen LogP contribution in [-0.2, 0) is 6.42 Å². The Kier molecular flexibility index (Phi) is 5.35. The summed E-state index contributed by atoms with van der Waals surface area (Å²) in [7, 11) is 0. The van der Waals surface area contributed by atoms with Crippen LogP contribution in [0, 0.1) is 0 Å². The number of aromatic amines is 1. The maximum absolute atomic E-state index is 12.9. The molecule has 0 bridgehead atoms. The Morgan fingerprint density at radius 1 is 1.50 bits per heavy atom. The lowest BCUT2D eigenvalue weighted by atomic mass is 10.0. The fourth-order valence-electron chi connectivity index (χ4n) is 3.34. The quantitative estimate of drug-likeness (QED) is 0.882. The first-order valence-electron chi connectivity index (χ1n) is 8.75. The number of amides is 1. The van der Waals surface area contributed by atoms with Crippen molar-refractivity contribution >= 4 is 5.91 Å². The average Bonchev–Trinajstić information content (AvgIpc) is 3.23. The molecule has 1 saturated heterocycles. The first kappa shape index (κ1) is 16.8. The van der Waals surface area contributed by atoms with Crippen LogP contribution in [-0.4, -0.2) is 38.7 Å². The number of aromatic nitrogens is 2. The second-order valence-corrected chi connectivity index (χ2v) is 6.40. The molecule has 1 aliphatic rings. The van der Waals surface area contributed by atoms with E-state index in [4.69, 9.17) is 4.42 Å². The Bertz CT molecular complexity index is 650. The molecule has 1 fully saturated rings. The van der Waals surface area contributed by atoms with Gasteiger partial charge < -0.3 is 14.4 Å². The summed E-state index contributed by atoms with van der Waals surface area (Å²) >= 11 is 0. The third-order valence-electron chi connectivity index (χ3n) is 4.74. The lowest BCUT2D eigenvalue weighted by Crippen LogP contribution is -2.41. The van der Waals surface area contributed by atoms with E-state index in [1.165, 1.54) is 0 Å². The van der Waals surface area contributed by atoms with Gasteiger partial charge in [0.05, 0.1) is 6.26 Å². The minimum atomic E-state index is -0.691. The van der Waals surface area contributed by atoms with E-state index in [2.05, 4.69) is 10.2 Å². The van der Waals surface area contributed by atoms with E-state index in [0.717, 1.165) is 37.8 Å². The lowest BCUT2D eigenvalue weighted by molar-refractivity contribution is 0.0552.